The van der Waals surface area contributed by atoms with Gasteiger partial charge in [-0.15, -0.1) is 0 Å². The van der Waals surface area contributed by atoms with Gasteiger partial charge in [0, 0.05) is 57.5 Å². The fourth-order valence-corrected chi connectivity index (χ4v) is 3.64. The second kappa shape index (κ2) is 10.2. The summed E-state index contributed by atoms with van der Waals surface area (Å²) in [6.45, 7) is 3.11. The average Bonchev–Trinajstić information content (AvgIpc) is 2.77. The maximum absolute atomic E-state index is 13.4. The molecule has 1 aromatic heterocycles. The van der Waals surface area contributed by atoms with Crippen LogP contribution in [0, 0.1) is 0 Å². The van der Waals surface area contributed by atoms with Crippen LogP contribution >= 0.6 is 0 Å². The van der Waals surface area contributed by atoms with E-state index in [0.717, 1.165) is 17.8 Å². The van der Waals surface area contributed by atoms with E-state index in [1.54, 1.807) is 6.20 Å². The molecule has 1 saturated heterocycles. The van der Waals surface area contributed by atoms with E-state index < -0.39 is 0 Å². The molecule has 0 aliphatic carbocycles. The lowest BCUT2D eigenvalue weighted by Crippen LogP contribution is -2.52. The number of aromatic nitrogens is 1. The molecular weight excluding hydrogens is 364 g/mol. The summed E-state index contributed by atoms with van der Waals surface area (Å²) in [7, 11) is 3.93. The van der Waals surface area contributed by atoms with E-state index in [4.69, 9.17) is 0 Å². The van der Waals surface area contributed by atoms with Crippen LogP contribution in [0.4, 0.5) is 0 Å². The highest BCUT2D eigenvalue weighted by Gasteiger charge is 2.30. The largest absolute Gasteiger partial charge is 0.339 e. The van der Waals surface area contributed by atoms with Gasteiger partial charge < -0.3 is 14.7 Å². The van der Waals surface area contributed by atoms with Crippen LogP contribution in [-0.4, -0.2) is 78.3 Å². The molecule has 1 aliphatic heterocycles. The zero-order valence-corrected chi connectivity index (χ0v) is 17.3. The lowest BCUT2D eigenvalue weighted by Gasteiger charge is -2.36. The van der Waals surface area contributed by atoms with Crippen molar-refractivity contribution in [2.75, 3.05) is 46.8 Å². The maximum Gasteiger partial charge on any atom is 0.230 e. The zero-order chi connectivity index (χ0) is 20.6. The Bertz CT molecular complexity index is 787. The van der Waals surface area contributed by atoms with Crippen molar-refractivity contribution in [3.8, 4) is 0 Å². The Kier molecular flexibility index (Phi) is 7.36. The Morgan fingerprint density at radius 1 is 0.966 bits per heavy atom. The van der Waals surface area contributed by atoms with E-state index in [1.165, 1.54) is 0 Å². The van der Waals surface area contributed by atoms with Gasteiger partial charge in [0.05, 0.1) is 5.92 Å². The lowest BCUT2D eigenvalue weighted by molar-refractivity contribution is -0.140. The van der Waals surface area contributed by atoms with Crippen LogP contribution in [0.2, 0.25) is 0 Å². The van der Waals surface area contributed by atoms with Crippen molar-refractivity contribution in [3.63, 3.8) is 0 Å². The third-order valence-corrected chi connectivity index (χ3v) is 5.36. The van der Waals surface area contributed by atoms with E-state index in [2.05, 4.69) is 4.98 Å². The van der Waals surface area contributed by atoms with Crippen LogP contribution in [0.15, 0.2) is 54.7 Å². The second-order valence-electron chi connectivity index (χ2n) is 7.75. The van der Waals surface area contributed by atoms with Crippen molar-refractivity contribution < 1.29 is 9.59 Å². The molecule has 0 bridgehead atoms. The van der Waals surface area contributed by atoms with Gasteiger partial charge in [-0.3, -0.25) is 14.6 Å². The molecule has 1 aliphatic rings. The minimum Gasteiger partial charge on any atom is -0.339 e. The van der Waals surface area contributed by atoms with E-state index >= 15 is 0 Å². The minimum atomic E-state index is -0.262. The number of amides is 2. The van der Waals surface area contributed by atoms with Crippen molar-refractivity contribution in [1.82, 2.24) is 19.7 Å². The zero-order valence-electron chi connectivity index (χ0n) is 17.3. The Labute approximate surface area is 173 Å². The SMILES string of the molecule is CN(C)CCC(=O)N1CCN(C(=O)C(Cc2ccccn2)c2ccccc2)CC1. The molecule has 3 rings (SSSR count). The molecule has 6 heteroatoms. The Morgan fingerprint density at radius 3 is 2.24 bits per heavy atom. The van der Waals surface area contributed by atoms with Gasteiger partial charge in [-0.1, -0.05) is 36.4 Å². The molecule has 29 heavy (non-hydrogen) atoms. The summed E-state index contributed by atoms with van der Waals surface area (Å²) in [5.74, 6) is 0.0169. The Morgan fingerprint density at radius 2 is 1.62 bits per heavy atom. The summed E-state index contributed by atoms with van der Waals surface area (Å²) in [6.07, 6.45) is 2.86. The standard InChI is InChI=1S/C23H30N4O2/c1-25(2)13-11-22(28)26-14-16-27(17-15-26)23(29)21(19-8-4-3-5-9-19)18-20-10-6-7-12-24-20/h3-10,12,21H,11,13-18H2,1-2H3. The number of pyridine rings is 1. The van der Waals surface area contributed by atoms with Crippen LogP contribution < -0.4 is 0 Å². The molecule has 154 valence electrons. The molecule has 1 aromatic carbocycles. The predicted octanol–water partition coefficient (Wildman–Crippen LogP) is 2.03. The number of hydrogen-bond donors (Lipinski definition) is 0. The number of nitrogens with zero attached hydrogens (tertiary/aromatic N) is 4. The lowest BCUT2D eigenvalue weighted by atomic mass is 9.92. The first-order valence-corrected chi connectivity index (χ1v) is 10.2. The molecule has 6 nitrogen and oxygen atoms in total. The normalized spacial score (nSPS) is 15.4. The molecule has 0 saturated carbocycles. The van der Waals surface area contributed by atoms with Crippen LogP contribution in [0.3, 0.4) is 0 Å². The summed E-state index contributed by atoms with van der Waals surface area (Å²) in [5.41, 5.74) is 1.92. The van der Waals surface area contributed by atoms with E-state index in [1.807, 2.05) is 77.3 Å². The highest BCUT2D eigenvalue weighted by molar-refractivity contribution is 5.84. The second-order valence-corrected chi connectivity index (χ2v) is 7.75. The third kappa shape index (κ3) is 5.87. The van der Waals surface area contributed by atoms with Gasteiger partial charge in [0.25, 0.3) is 0 Å². The molecule has 1 atom stereocenters. The van der Waals surface area contributed by atoms with E-state index in [9.17, 15) is 9.59 Å². The monoisotopic (exact) mass is 394 g/mol. The van der Waals surface area contributed by atoms with Crippen molar-refractivity contribution in [3.05, 3.63) is 66.0 Å². The summed E-state index contributed by atoms with van der Waals surface area (Å²) >= 11 is 0. The fraction of sp³-hybridized carbons (Fsp3) is 0.435. The third-order valence-electron chi connectivity index (χ3n) is 5.36. The molecule has 1 fully saturated rings. The highest BCUT2D eigenvalue weighted by atomic mass is 16.2. The van der Waals surface area contributed by atoms with Crippen LogP contribution in [-0.2, 0) is 16.0 Å². The smallest absolute Gasteiger partial charge is 0.230 e. The first-order chi connectivity index (χ1) is 14.0. The van der Waals surface area contributed by atoms with Gasteiger partial charge in [0.15, 0.2) is 0 Å². The number of benzene rings is 1. The maximum atomic E-state index is 13.4. The van der Waals surface area contributed by atoms with E-state index in [0.29, 0.717) is 39.0 Å². The number of rotatable bonds is 7. The first kappa shape index (κ1) is 21.0. The molecule has 2 heterocycles. The van der Waals surface area contributed by atoms with Gasteiger partial charge in [0.2, 0.25) is 11.8 Å². The fourth-order valence-electron chi connectivity index (χ4n) is 3.64. The number of hydrogen-bond acceptors (Lipinski definition) is 4. The van der Waals surface area contributed by atoms with Crippen LogP contribution in [0.5, 0.6) is 0 Å². The Hall–Kier alpha value is -2.73. The van der Waals surface area contributed by atoms with Gasteiger partial charge >= 0.3 is 0 Å². The number of piperazine rings is 1. The van der Waals surface area contributed by atoms with Crippen molar-refractivity contribution in [2.24, 2.45) is 0 Å². The summed E-state index contributed by atoms with van der Waals surface area (Å²) in [4.78, 5) is 36.0. The number of carbonyl (C=O) groups excluding carboxylic acids is 2. The van der Waals surface area contributed by atoms with Gasteiger partial charge in [0.1, 0.15) is 0 Å². The van der Waals surface area contributed by atoms with Crippen LogP contribution in [0.1, 0.15) is 23.6 Å². The first-order valence-electron chi connectivity index (χ1n) is 10.2. The molecular formula is C23H30N4O2. The number of carbonyl (C=O) groups is 2. The molecule has 0 radical (unpaired) electrons. The molecule has 2 aromatic rings. The summed E-state index contributed by atoms with van der Waals surface area (Å²) < 4.78 is 0. The Balaban J connectivity index is 1.65. The van der Waals surface area contributed by atoms with Gasteiger partial charge in [-0.2, -0.15) is 0 Å². The summed E-state index contributed by atoms with van der Waals surface area (Å²) in [6, 6.07) is 15.7. The van der Waals surface area contributed by atoms with Crippen LogP contribution in [0.25, 0.3) is 0 Å². The van der Waals surface area contributed by atoms with Crippen molar-refractivity contribution in [1.29, 1.82) is 0 Å². The van der Waals surface area contributed by atoms with Crippen molar-refractivity contribution in [2.45, 2.75) is 18.8 Å². The van der Waals surface area contributed by atoms with E-state index in [-0.39, 0.29) is 17.7 Å². The molecule has 1 unspecified atom stereocenters. The summed E-state index contributed by atoms with van der Waals surface area (Å²) in [5, 5.41) is 0. The average molecular weight is 395 g/mol. The van der Waals surface area contributed by atoms with Crippen molar-refractivity contribution >= 4 is 11.8 Å². The molecule has 2 amide bonds. The van der Waals surface area contributed by atoms with Gasteiger partial charge in [-0.05, 0) is 31.8 Å². The predicted molar refractivity (Wildman–Crippen MR) is 113 cm³/mol. The van der Waals surface area contributed by atoms with Gasteiger partial charge in [-0.25, -0.2) is 0 Å². The minimum absolute atomic E-state index is 0.113. The quantitative estimate of drug-likeness (QED) is 0.721. The molecule has 0 spiro atoms. The molecule has 0 N–H and O–H groups in total. The highest BCUT2D eigenvalue weighted by Crippen LogP contribution is 2.23. The topological polar surface area (TPSA) is 56.8 Å².